The Morgan fingerprint density at radius 3 is 2.07 bits per heavy atom. The summed E-state index contributed by atoms with van der Waals surface area (Å²) in [6.07, 6.45) is 0. The van der Waals surface area contributed by atoms with Crippen molar-refractivity contribution in [3.05, 3.63) is 75.7 Å². The fourth-order valence-corrected chi connectivity index (χ4v) is 3.23. The van der Waals surface area contributed by atoms with Crippen LogP contribution < -0.4 is 5.56 Å². The van der Waals surface area contributed by atoms with Crippen LogP contribution in [-0.2, 0) is 11.4 Å². The maximum Gasteiger partial charge on any atom is 0.384 e. The second-order valence-electron chi connectivity index (χ2n) is 7.10. The molecule has 1 aliphatic rings. The predicted molar refractivity (Wildman–Crippen MR) is 103 cm³/mol. The molecule has 4 rings (SSSR count). The normalized spacial score (nSPS) is 13.3. The molecular formula is C21H17N3O5. The summed E-state index contributed by atoms with van der Waals surface area (Å²) in [6, 6.07) is 12.7. The molecule has 1 aliphatic heterocycles. The lowest BCUT2D eigenvalue weighted by Crippen LogP contribution is -2.34. The van der Waals surface area contributed by atoms with Gasteiger partial charge in [-0.25, -0.2) is 9.48 Å². The Balaban J connectivity index is 1.75. The molecule has 0 N–H and O–H groups in total. The molecule has 146 valence electrons. The van der Waals surface area contributed by atoms with Crippen LogP contribution in [-0.4, -0.2) is 32.6 Å². The van der Waals surface area contributed by atoms with Crippen molar-refractivity contribution in [1.29, 1.82) is 0 Å². The molecule has 2 aromatic carbocycles. The number of hydrogen-bond donors (Lipinski definition) is 0. The van der Waals surface area contributed by atoms with Crippen molar-refractivity contribution in [2.45, 2.75) is 20.4 Å². The summed E-state index contributed by atoms with van der Waals surface area (Å²) in [6.45, 7) is 4.14. The first-order chi connectivity index (χ1) is 13.9. The van der Waals surface area contributed by atoms with Crippen LogP contribution >= 0.6 is 0 Å². The molecule has 0 saturated heterocycles. The van der Waals surface area contributed by atoms with E-state index in [0.717, 1.165) is 0 Å². The summed E-state index contributed by atoms with van der Waals surface area (Å²) < 4.78 is 1.20. The number of carbonyl (C=O) groups excluding carboxylic acids is 3. The monoisotopic (exact) mass is 391 g/mol. The molecule has 2 amide bonds. The number of imide groups is 1. The van der Waals surface area contributed by atoms with Gasteiger partial charge in [0.15, 0.2) is 5.69 Å². The first-order valence-electron chi connectivity index (χ1n) is 9.08. The third kappa shape index (κ3) is 3.08. The third-order valence-corrected chi connectivity index (χ3v) is 4.53. The molecule has 1 aromatic heterocycles. The quantitative estimate of drug-likeness (QED) is 0.634. The lowest BCUT2D eigenvalue weighted by molar-refractivity contribution is -0.0588. The molecular weight excluding hydrogens is 374 g/mol. The van der Waals surface area contributed by atoms with E-state index in [4.69, 9.17) is 4.84 Å². The minimum Gasteiger partial charge on any atom is -0.322 e. The van der Waals surface area contributed by atoms with Crippen molar-refractivity contribution in [1.82, 2.24) is 14.8 Å². The number of benzene rings is 2. The molecule has 0 saturated carbocycles. The Bertz CT molecular complexity index is 1190. The van der Waals surface area contributed by atoms with Gasteiger partial charge in [0.05, 0.1) is 16.5 Å². The lowest BCUT2D eigenvalue weighted by Gasteiger charge is -2.15. The minimum atomic E-state index is -0.992. The van der Waals surface area contributed by atoms with Gasteiger partial charge in [-0.1, -0.05) is 49.2 Å². The number of hydroxylamine groups is 2. The molecule has 0 radical (unpaired) electrons. The van der Waals surface area contributed by atoms with Gasteiger partial charge in [-0.05, 0) is 24.1 Å². The fraction of sp³-hybridized carbons (Fsp3) is 0.190. The van der Waals surface area contributed by atoms with E-state index >= 15 is 0 Å². The highest BCUT2D eigenvalue weighted by Gasteiger charge is 2.39. The van der Waals surface area contributed by atoms with E-state index in [1.54, 1.807) is 36.4 Å². The van der Waals surface area contributed by atoms with E-state index in [0.29, 0.717) is 22.4 Å². The first kappa shape index (κ1) is 18.5. The highest BCUT2D eigenvalue weighted by molar-refractivity contribution is 6.21. The molecule has 3 aromatic rings. The van der Waals surface area contributed by atoms with E-state index in [-0.39, 0.29) is 28.3 Å². The Kier molecular flexibility index (Phi) is 4.46. The Morgan fingerprint density at radius 2 is 1.48 bits per heavy atom. The topological polar surface area (TPSA) is 98.6 Å². The number of hydrogen-bond acceptors (Lipinski definition) is 6. The summed E-state index contributed by atoms with van der Waals surface area (Å²) in [4.78, 5) is 55.6. The molecule has 0 fully saturated rings. The van der Waals surface area contributed by atoms with E-state index in [1.165, 1.54) is 16.8 Å². The zero-order valence-electron chi connectivity index (χ0n) is 15.8. The molecule has 8 heteroatoms. The highest BCUT2D eigenvalue weighted by Crippen LogP contribution is 2.24. The van der Waals surface area contributed by atoms with Crippen LogP contribution in [0.5, 0.6) is 0 Å². The van der Waals surface area contributed by atoms with Crippen LogP contribution in [0.2, 0.25) is 0 Å². The molecule has 0 spiro atoms. The van der Waals surface area contributed by atoms with Crippen LogP contribution in [0.1, 0.15) is 45.1 Å². The second-order valence-corrected chi connectivity index (χ2v) is 7.10. The van der Waals surface area contributed by atoms with Crippen LogP contribution in [0.25, 0.3) is 10.8 Å². The average Bonchev–Trinajstić information content (AvgIpc) is 2.95. The summed E-state index contributed by atoms with van der Waals surface area (Å²) in [7, 11) is 0. The molecule has 0 unspecified atom stereocenters. The lowest BCUT2D eigenvalue weighted by atomic mass is 10.1. The van der Waals surface area contributed by atoms with Crippen LogP contribution in [0.3, 0.4) is 0 Å². The van der Waals surface area contributed by atoms with Crippen molar-refractivity contribution in [3.63, 3.8) is 0 Å². The van der Waals surface area contributed by atoms with Gasteiger partial charge < -0.3 is 4.84 Å². The van der Waals surface area contributed by atoms with Crippen molar-refractivity contribution >= 4 is 28.6 Å². The largest absolute Gasteiger partial charge is 0.384 e. The van der Waals surface area contributed by atoms with Gasteiger partial charge in [0.25, 0.3) is 17.4 Å². The Morgan fingerprint density at radius 1 is 0.931 bits per heavy atom. The Hall–Kier alpha value is -3.81. The van der Waals surface area contributed by atoms with Crippen molar-refractivity contribution in [2.24, 2.45) is 5.92 Å². The third-order valence-electron chi connectivity index (χ3n) is 4.53. The first-order valence-corrected chi connectivity index (χ1v) is 9.08. The van der Waals surface area contributed by atoms with Crippen molar-refractivity contribution < 1.29 is 19.2 Å². The zero-order valence-corrected chi connectivity index (χ0v) is 15.8. The van der Waals surface area contributed by atoms with Gasteiger partial charge in [-0.3, -0.25) is 14.4 Å². The summed E-state index contributed by atoms with van der Waals surface area (Å²) in [5.74, 6) is -2.33. The second kappa shape index (κ2) is 6.97. The number of fused-ring (bicyclic) bond motifs is 2. The average molecular weight is 391 g/mol. The molecule has 2 heterocycles. The Labute approximate surface area is 165 Å². The van der Waals surface area contributed by atoms with E-state index in [9.17, 15) is 19.2 Å². The van der Waals surface area contributed by atoms with Crippen LogP contribution in [0.4, 0.5) is 0 Å². The van der Waals surface area contributed by atoms with E-state index in [2.05, 4.69) is 5.10 Å². The molecule has 8 nitrogen and oxygen atoms in total. The number of amides is 2. The van der Waals surface area contributed by atoms with E-state index in [1.807, 2.05) is 13.8 Å². The maximum atomic E-state index is 12.9. The number of aromatic nitrogens is 2. The van der Waals surface area contributed by atoms with Crippen LogP contribution in [0.15, 0.2) is 53.3 Å². The summed E-state index contributed by atoms with van der Waals surface area (Å²) >= 11 is 0. The van der Waals surface area contributed by atoms with E-state index < -0.39 is 17.8 Å². The minimum absolute atomic E-state index is 0.112. The standard InChI is InChI=1S/C21H17N3O5/c1-12(2)11-23-18(25)14-8-4-3-7-13(14)17(22-23)21(28)29-24-19(26)15-9-5-6-10-16(15)20(24)27/h3-10,12H,11H2,1-2H3. The molecule has 29 heavy (non-hydrogen) atoms. The number of rotatable bonds is 4. The van der Waals surface area contributed by atoms with Gasteiger partial charge in [0.2, 0.25) is 0 Å². The van der Waals surface area contributed by atoms with Crippen molar-refractivity contribution in [3.8, 4) is 0 Å². The molecule has 0 atom stereocenters. The van der Waals surface area contributed by atoms with Gasteiger partial charge >= 0.3 is 5.97 Å². The van der Waals surface area contributed by atoms with Gasteiger partial charge in [-0.15, -0.1) is 0 Å². The summed E-state index contributed by atoms with van der Waals surface area (Å²) in [5.41, 5.74) is -0.148. The predicted octanol–water partition coefficient (Wildman–Crippen LogP) is 2.42. The SMILES string of the molecule is CC(C)Cn1nc(C(=O)ON2C(=O)c3ccccc3C2=O)c2ccccc2c1=O. The maximum absolute atomic E-state index is 12.9. The van der Waals surface area contributed by atoms with Gasteiger partial charge in [0.1, 0.15) is 0 Å². The number of nitrogens with zero attached hydrogens (tertiary/aromatic N) is 3. The molecule has 0 bridgehead atoms. The fourth-order valence-electron chi connectivity index (χ4n) is 3.23. The highest BCUT2D eigenvalue weighted by atomic mass is 16.7. The van der Waals surface area contributed by atoms with Gasteiger partial charge in [0, 0.05) is 11.9 Å². The zero-order chi connectivity index (χ0) is 20.7. The van der Waals surface area contributed by atoms with Gasteiger partial charge in [-0.2, -0.15) is 5.10 Å². The van der Waals surface area contributed by atoms with Crippen LogP contribution in [0, 0.1) is 5.92 Å². The van der Waals surface area contributed by atoms with Crippen molar-refractivity contribution in [2.75, 3.05) is 0 Å². The number of carbonyl (C=O) groups is 3. The smallest absolute Gasteiger partial charge is 0.322 e. The summed E-state index contributed by atoms with van der Waals surface area (Å²) in [5, 5.41) is 5.19. The molecule has 0 aliphatic carbocycles.